The fourth-order valence-corrected chi connectivity index (χ4v) is 6.77. The van der Waals surface area contributed by atoms with Gasteiger partial charge in [0.2, 0.25) is 11.8 Å². The van der Waals surface area contributed by atoms with Gasteiger partial charge in [-0.25, -0.2) is 34.2 Å². The topological polar surface area (TPSA) is 161 Å². The third kappa shape index (κ3) is 7.74. The zero-order valence-electron chi connectivity index (χ0n) is 31.2. The average Bonchev–Trinajstić information content (AvgIpc) is 3.48. The Morgan fingerprint density at radius 3 is 2.26 bits per heavy atom. The number of hydrogen-bond donors (Lipinski definition) is 1. The summed E-state index contributed by atoms with van der Waals surface area (Å²) in [6.45, 7) is 2.68. The minimum absolute atomic E-state index is 0.0316. The molecule has 1 aliphatic heterocycles. The number of nitrogens with zero attached hydrogens (tertiary/aromatic N) is 9. The van der Waals surface area contributed by atoms with Gasteiger partial charge in [0.1, 0.15) is 0 Å². The van der Waals surface area contributed by atoms with E-state index in [1.807, 2.05) is 25.1 Å². The van der Waals surface area contributed by atoms with Gasteiger partial charge in [0.05, 0.1) is 54.3 Å². The number of aryl methyl sites for hydroxylation is 1. The first-order valence-electron chi connectivity index (χ1n) is 18.1. The second-order valence-corrected chi connectivity index (χ2v) is 13.4. The van der Waals surface area contributed by atoms with Gasteiger partial charge >= 0.3 is 24.1 Å². The standard InChI is InChI=1S/C39H38F3N9O6/c1-4-5-16-57-38(55)50(37(53)54)23-24-19-45-35(46-20-24)49-14-12-48(13-15-49)31-10-8-27(18-29(31)39(40,41)42)51-34-28-17-25(26-7-11-33(56-3)44-21-26)6-9-30(28)43-22-32(34)47(2)36(51)52/h6-11,17-22H,4-5,12-16,23H2,1-3H3,(H,53,54). The van der Waals surface area contributed by atoms with Gasteiger partial charge in [-0.05, 0) is 48.4 Å². The summed E-state index contributed by atoms with van der Waals surface area (Å²) in [5.74, 6) is 0.749. The number of ether oxygens (including phenoxy) is 2. The van der Waals surface area contributed by atoms with Crippen LogP contribution in [0.25, 0.3) is 38.8 Å². The van der Waals surface area contributed by atoms with Crippen LogP contribution in [-0.2, 0) is 24.5 Å². The molecule has 18 heteroatoms. The zero-order chi connectivity index (χ0) is 40.4. The van der Waals surface area contributed by atoms with Crippen LogP contribution in [-0.4, -0.2) is 91.2 Å². The number of carboxylic acid groups (broad SMARTS) is 1. The normalized spacial score (nSPS) is 13.3. The Kier molecular flexibility index (Phi) is 10.7. The maximum atomic E-state index is 14.9. The second kappa shape index (κ2) is 15.8. The fourth-order valence-electron chi connectivity index (χ4n) is 6.77. The third-order valence-electron chi connectivity index (χ3n) is 9.82. The maximum Gasteiger partial charge on any atom is 0.419 e. The first kappa shape index (κ1) is 38.6. The van der Waals surface area contributed by atoms with Crippen molar-refractivity contribution in [3.63, 3.8) is 0 Å². The Labute approximate surface area is 323 Å². The number of amides is 2. The van der Waals surface area contributed by atoms with Crippen LogP contribution in [0.3, 0.4) is 0 Å². The van der Waals surface area contributed by atoms with Crippen molar-refractivity contribution in [2.24, 2.45) is 7.05 Å². The summed E-state index contributed by atoms with van der Waals surface area (Å²) in [5.41, 5.74) is 1.92. The van der Waals surface area contributed by atoms with Gasteiger partial charge in [0, 0.05) is 80.1 Å². The van der Waals surface area contributed by atoms with Crippen LogP contribution in [0.2, 0.25) is 0 Å². The second-order valence-electron chi connectivity index (χ2n) is 13.4. The van der Waals surface area contributed by atoms with Crippen LogP contribution in [0.5, 0.6) is 5.88 Å². The molecule has 57 heavy (non-hydrogen) atoms. The minimum Gasteiger partial charge on any atom is -0.481 e. The summed E-state index contributed by atoms with van der Waals surface area (Å²) >= 11 is 0. The van der Waals surface area contributed by atoms with Crippen LogP contribution in [0.1, 0.15) is 30.9 Å². The van der Waals surface area contributed by atoms with Crippen molar-refractivity contribution in [3.05, 3.63) is 94.9 Å². The van der Waals surface area contributed by atoms with E-state index < -0.39 is 29.6 Å². The number of aromatic nitrogens is 6. The molecule has 0 spiro atoms. The molecule has 1 aliphatic rings. The summed E-state index contributed by atoms with van der Waals surface area (Å²) in [5, 5.41) is 10.1. The summed E-state index contributed by atoms with van der Waals surface area (Å²) in [6.07, 6.45) is 0.141. The van der Waals surface area contributed by atoms with E-state index in [1.54, 1.807) is 35.2 Å². The van der Waals surface area contributed by atoms with Crippen molar-refractivity contribution in [1.82, 2.24) is 34.0 Å². The number of piperazine rings is 1. The molecule has 6 aromatic rings. The van der Waals surface area contributed by atoms with E-state index in [-0.39, 0.29) is 50.7 Å². The first-order valence-corrected chi connectivity index (χ1v) is 18.1. The highest BCUT2D eigenvalue weighted by Crippen LogP contribution is 2.39. The number of halogens is 3. The van der Waals surface area contributed by atoms with Gasteiger partial charge in [-0.15, -0.1) is 0 Å². The number of benzene rings is 2. The lowest BCUT2D eigenvalue weighted by Gasteiger charge is -2.37. The molecule has 7 rings (SSSR count). The molecule has 296 valence electrons. The molecule has 15 nitrogen and oxygen atoms in total. The van der Waals surface area contributed by atoms with Crippen molar-refractivity contribution in [2.45, 2.75) is 32.5 Å². The highest BCUT2D eigenvalue weighted by molar-refractivity contribution is 6.04. The highest BCUT2D eigenvalue weighted by Gasteiger charge is 2.37. The van der Waals surface area contributed by atoms with Gasteiger partial charge < -0.3 is 24.4 Å². The molecule has 0 bridgehead atoms. The van der Waals surface area contributed by atoms with Crippen LogP contribution in [0.15, 0.2) is 78.1 Å². The van der Waals surface area contributed by atoms with Gasteiger partial charge in [0.15, 0.2) is 0 Å². The number of imidazole rings is 1. The van der Waals surface area contributed by atoms with E-state index in [0.717, 1.165) is 23.6 Å². The van der Waals surface area contributed by atoms with E-state index >= 15 is 0 Å². The molecule has 0 unspecified atom stereocenters. The number of fused-ring (bicyclic) bond motifs is 3. The Morgan fingerprint density at radius 1 is 0.895 bits per heavy atom. The average molecular weight is 786 g/mol. The van der Waals surface area contributed by atoms with Crippen LogP contribution in [0.4, 0.5) is 34.4 Å². The van der Waals surface area contributed by atoms with Gasteiger partial charge in [-0.2, -0.15) is 13.2 Å². The third-order valence-corrected chi connectivity index (χ3v) is 9.82. The number of carbonyl (C=O) groups is 2. The number of hydrogen-bond acceptors (Lipinski definition) is 11. The minimum atomic E-state index is -4.75. The van der Waals surface area contributed by atoms with Crippen molar-refractivity contribution in [3.8, 4) is 22.7 Å². The number of methoxy groups -OCH3 is 1. The highest BCUT2D eigenvalue weighted by atomic mass is 19.4. The van der Waals surface area contributed by atoms with E-state index in [9.17, 15) is 32.7 Å². The van der Waals surface area contributed by atoms with Crippen LogP contribution >= 0.6 is 0 Å². The number of unbranched alkanes of at least 4 members (excludes halogenated alkanes) is 1. The van der Waals surface area contributed by atoms with Crippen LogP contribution in [0, 0.1) is 0 Å². The molecule has 5 heterocycles. The fraction of sp³-hybridized carbons (Fsp3) is 0.308. The number of imide groups is 1. The first-order chi connectivity index (χ1) is 27.4. The van der Waals surface area contributed by atoms with Crippen molar-refractivity contribution >= 4 is 45.8 Å². The van der Waals surface area contributed by atoms with Gasteiger partial charge in [-0.1, -0.05) is 19.4 Å². The summed E-state index contributed by atoms with van der Waals surface area (Å²) < 4.78 is 57.5. The number of carbonyl (C=O) groups excluding carboxylic acids is 1. The van der Waals surface area contributed by atoms with E-state index in [2.05, 4.69) is 19.9 Å². The molecule has 2 amide bonds. The molecule has 1 N–H and O–H groups in total. The summed E-state index contributed by atoms with van der Waals surface area (Å²) in [7, 11) is 3.07. The Bertz CT molecular complexity index is 2500. The number of rotatable bonds is 10. The molecule has 0 saturated carbocycles. The molecule has 0 atom stereocenters. The molecular formula is C39H38F3N9O6. The lowest BCUT2D eigenvalue weighted by Crippen LogP contribution is -2.47. The largest absolute Gasteiger partial charge is 0.481 e. The van der Waals surface area contributed by atoms with E-state index in [4.69, 9.17) is 9.47 Å². The molecule has 0 radical (unpaired) electrons. The maximum absolute atomic E-state index is 14.9. The number of alkyl halides is 3. The molecule has 1 saturated heterocycles. The lowest BCUT2D eigenvalue weighted by molar-refractivity contribution is -0.137. The monoisotopic (exact) mass is 785 g/mol. The van der Waals surface area contributed by atoms with Crippen molar-refractivity contribution < 1.29 is 37.3 Å². The molecule has 0 aliphatic carbocycles. The Balaban J connectivity index is 1.14. The quantitative estimate of drug-likeness (QED) is 0.150. The lowest BCUT2D eigenvalue weighted by atomic mass is 10.0. The van der Waals surface area contributed by atoms with E-state index in [0.29, 0.717) is 50.6 Å². The molecule has 4 aromatic heterocycles. The Hall–Kier alpha value is -6.72. The SMILES string of the molecule is CCCCOC(=O)N(Cc1cnc(N2CCN(c3ccc(-n4c(=O)n(C)c5cnc6ccc(-c7ccc(OC)nc7)cc6c54)cc3C(F)(F)F)CC2)nc1)C(=O)O. The van der Waals surface area contributed by atoms with Crippen LogP contribution < -0.4 is 20.2 Å². The van der Waals surface area contributed by atoms with E-state index in [1.165, 1.54) is 47.0 Å². The summed E-state index contributed by atoms with van der Waals surface area (Å²) in [6, 6.07) is 13.0. The predicted octanol–water partition coefficient (Wildman–Crippen LogP) is 6.50. The van der Waals surface area contributed by atoms with Gasteiger partial charge in [0.25, 0.3) is 0 Å². The molecule has 1 fully saturated rings. The number of anilines is 2. The molecule has 2 aromatic carbocycles. The number of pyridine rings is 2. The predicted molar refractivity (Wildman–Crippen MR) is 205 cm³/mol. The zero-order valence-corrected chi connectivity index (χ0v) is 31.2. The molecular weight excluding hydrogens is 747 g/mol. The van der Waals surface area contributed by atoms with Crippen molar-refractivity contribution in [1.29, 1.82) is 0 Å². The Morgan fingerprint density at radius 2 is 1.61 bits per heavy atom. The summed E-state index contributed by atoms with van der Waals surface area (Å²) in [4.78, 5) is 59.2. The van der Waals surface area contributed by atoms with Gasteiger partial charge in [-0.3, -0.25) is 14.1 Å². The smallest absolute Gasteiger partial charge is 0.419 e. The van der Waals surface area contributed by atoms with Crippen molar-refractivity contribution in [2.75, 3.05) is 49.7 Å².